The molecular weight excluding hydrogens is 302 g/mol. The molecule has 1 aliphatic heterocycles. The van der Waals surface area contributed by atoms with Gasteiger partial charge in [0.15, 0.2) is 0 Å². The van der Waals surface area contributed by atoms with Gasteiger partial charge in [-0.3, -0.25) is 9.69 Å². The van der Waals surface area contributed by atoms with Gasteiger partial charge in [-0.2, -0.15) is 0 Å². The van der Waals surface area contributed by atoms with Gasteiger partial charge in [-0.05, 0) is 18.4 Å². The van der Waals surface area contributed by atoms with Crippen LogP contribution in [-0.4, -0.2) is 46.9 Å². The third-order valence-electron chi connectivity index (χ3n) is 3.66. The van der Waals surface area contributed by atoms with Crippen molar-refractivity contribution < 1.29 is 4.79 Å². The molecule has 0 N–H and O–H groups in total. The molecule has 0 bridgehead atoms. The molecule has 2 aromatic rings. The molecule has 0 radical (unpaired) electrons. The Bertz CT molecular complexity index is 586. The van der Waals surface area contributed by atoms with Crippen molar-refractivity contribution in [1.82, 2.24) is 14.8 Å². The molecule has 3 heterocycles. The molecule has 6 heteroatoms. The Balaban J connectivity index is 1.47. The second-order valence-electron chi connectivity index (χ2n) is 5.30. The molecular formula is C15H19N3OS2. The maximum atomic E-state index is 12.2. The van der Waals surface area contributed by atoms with Gasteiger partial charge in [0.1, 0.15) is 5.01 Å². The van der Waals surface area contributed by atoms with Gasteiger partial charge < -0.3 is 4.90 Å². The molecule has 0 spiro atoms. The minimum Gasteiger partial charge on any atom is -0.340 e. The quantitative estimate of drug-likeness (QED) is 0.867. The lowest BCUT2D eigenvalue weighted by molar-refractivity contribution is -0.132. The Morgan fingerprint density at radius 1 is 1.29 bits per heavy atom. The van der Waals surface area contributed by atoms with Crippen LogP contribution in [-0.2, 0) is 17.8 Å². The van der Waals surface area contributed by atoms with Crippen molar-refractivity contribution in [3.63, 3.8) is 0 Å². The smallest absolute Gasteiger partial charge is 0.227 e. The fourth-order valence-electron chi connectivity index (χ4n) is 2.50. The van der Waals surface area contributed by atoms with E-state index in [9.17, 15) is 4.79 Å². The SMILES string of the molecule is Cc1csc(CN2CCN(C(=O)Cc3cccs3)CC2)n1. The maximum Gasteiger partial charge on any atom is 0.227 e. The van der Waals surface area contributed by atoms with Crippen molar-refractivity contribution in [1.29, 1.82) is 0 Å². The average Bonchev–Trinajstić information content (AvgIpc) is 3.12. The van der Waals surface area contributed by atoms with Gasteiger partial charge in [-0.15, -0.1) is 22.7 Å². The summed E-state index contributed by atoms with van der Waals surface area (Å²) in [6.07, 6.45) is 0.545. The van der Waals surface area contributed by atoms with Crippen LogP contribution in [0.25, 0.3) is 0 Å². The third-order valence-corrected chi connectivity index (χ3v) is 5.48. The van der Waals surface area contributed by atoms with E-state index >= 15 is 0 Å². The molecule has 1 saturated heterocycles. The highest BCUT2D eigenvalue weighted by Crippen LogP contribution is 2.15. The van der Waals surface area contributed by atoms with Crippen LogP contribution in [0.2, 0.25) is 0 Å². The summed E-state index contributed by atoms with van der Waals surface area (Å²) in [7, 11) is 0. The summed E-state index contributed by atoms with van der Waals surface area (Å²) in [4.78, 5) is 22.3. The number of hydrogen-bond donors (Lipinski definition) is 0. The maximum absolute atomic E-state index is 12.2. The largest absolute Gasteiger partial charge is 0.340 e. The first kappa shape index (κ1) is 14.7. The molecule has 0 atom stereocenters. The van der Waals surface area contributed by atoms with E-state index in [2.05, 4.69) is 15.3 Å². The molecule has 3 rings (SSSR count). The predicted octanol–water partition coefficient (Wildman–Crippen LogP) is 2.40. The molecule has 1 amide bonds. The highest BCUT2D eigenvalue weighted by atomic mass is 32.1. The Hall–Kier alpha value is -1.24. The zero-order valence-electron chi connectivity index (χ0n) is 12.1. The highest BCUT2D eigenvalue weighted by Gasteiger charge is 2.21. The summed E-state index contributed by atoms with van der Waals surface area (Å²) in [5.41, 5.74) is 1.10. The van der Waals surface area contributed by atoms with E-state index in [1.54, 1.807) is 22.7 Å². The Morgan fingerprint density at radius 2 is 2.10 bits per heavy atom. The van der Waals surface area contributed by atoms with Crippen molar-refractivity contribution in [2.45, 2.75) is 19.9 Å². The Morgan fingerprint density at radius 3 is 2.71 bits per heavy atom. The normalized spacial score (nSPS) is 16.3. The Labute approximate surface area is 133 Å². The number of rotatable bonds is 4. The third kappa shape index (κ3) is 3.90. The number of carbonyl (C=O) groups is 1. The summed E-state index contributed by atoms with van der Waals surface area (Å²) in [5, 5.41) is 5.29. The number of nitrogens with zero attached hydrogens (tertiary/aromatic N) is 3. The van der Waals surface area contributed by atoms with Crippen molar-refractivity contribution >= 4 is 28.6 Å². The molecule has 0 aromatic carbocycles. The molecule has 1 aliphatic rings. The van der Waals surface area contributed by atoms with Crippen LogP contribution in [0.5, 0.6) is 0 Å². The van der Waals surface area contributed by atoms with Crippen LogP contribution >= 0.6 is 22.7 Å². The van der Waals surface area contributed by atoms with Gasteiger partial charge >= 0.3 is 0 Å². The van der Waals surface area contributed by atoms with Gasteiger partial charge in [0.2, 0.25) is 5.91 Å². The minimum atomic E-state index is 0.252. The van der Waals surface area contributed by atoms with Gasteiger partial charge in [-0.1, -0.05) is 6.07 Å². The molecule has 1 fully saturated rings. The Kier molecular flexibility index (Phi) is 4.67. The summed E-state index contributed by atoms with van der Waals surface area (Å²) >= 11 is 3.38. The first-order valence-electron chi connectivity index (χ1n) is 7.14. The van der Waals surface area contributed by atoms with Gasteiger partial charge in [0.05, 0.1) is 13.0 Å². The number of hydrogen-bond acceptors (Lipinski definition) is 5. The zero-order chi connectivity index (χ0) is 14.7. The predicted molar refractivity (Wildman–Crippen MR) is 86.7 cm³/mol. The van der Waals surface area contributed by atoms with Crippen LogP contribution in [0.1, 0.15) is 15.6 Å². The number of carbonyl (C=O) groups excluding carboxylic acids is 1. The van der Waals surface area contributed by atoms with Crippen molar-refractivity contribution in [2.24, 2.45) is 0 Å². The van der Waals surface area contributed by atoms with E-state index in [1.807, 2.05) is 29.3 Å². The second kappa shape index (κ2) is 6.68. The van der Waals surface area contributed by atoms with Gasteiger partial charge in [-0.25, -0.2) is 4.98 Å². The molecule has 2 aromatic heterocycles. The molecule has 0 aliphatic carbocycles. The van der Waals surface area contributed by atoms with Crippen LogP contribution in [0, 0.1) is 6.92 Å². The van der Waals surface area contributed by atoms with Gasteiger partial charge in [0.25, 0.3) is 0 Å². The highest BCUT2D eigenvalue weighted by molar-refractivity contribution is 7.10. The van der Waals surface area contributed by atoms with Crippen molar-refractivity contribution in [3.8, 4) is 0 Å². The monoisotopic (exact) mass is 321 g/mol. The van der Waals surface area contributed by atoms with Crippen LogP contribution < -0.4 is 0 Å². The molecule has 4 nitrogen and oxygen atoms in total. The summed E-state index contributed by atoms with van der Waals surface area (Å²) in [6.45, 7) is 6.47. The second-order valence-corrected chi connectivity index (χ2v) is 7.27. The number of thiophene rings is 1. The van der Waals surface area contributed by atoms with E-state index in [1.165, 1.54) is 5.01 Å². The number of aromatic nitrogens is 1. The lowest BCUT2D eigenvalue weighted by Crippen LogP contribution is -2.48. The van der Waals surface area contributed by atoms with Crippen LogP contribution in [0.4, 0.5) is 0 Å². The van der Waals surface area contributed by atoms with E-state index in [4.69, 9.17) is 0 Å². The van der Waals surface area contributed by atoms with Crippen LogP contribution in [0.3, 0.4) is 0 Å². The van der Waals surface area contributed by atoms with E-state index in [0.717, 1.165) is 43.3 Å². The first-order valence-corrected chi connectivity index (χ1v) is 8.90. The number of thiazole rings is 1. The fraction of sp³-hybridized carbons (Fsp3) is 0.467. The molecule has 0 unspecified atom stereocenters. The van der Waals surface area contributed by atoms with Crippen molar-refractivity contribution in [3.05, 3.63) is 38.5 Å². The number of amides is 1. The fourth-order valence-corrected chi connectivity index (χ4v) is 4.00. The molecule has 21 heavy (non-hydrogen) atoms. The van der Waals surface area contributed by atoms with Gasteiger partial charge in [0, 0.05) is 42.1 Å². The minimum absolute atomic E-state index is 0.252. The van der Waals surface area contributed by atoms with E-state index in [-0.39, 0.29) is 5.91 Å². The topological polar surface area (TPSA) is 36.4 Å². The van der Waals surface area contributed by atoms with Crippen molar-refractivity contribution in [2.75, 3.05) is 26.2 Å². The first-order chi connectivity index (χ1) is 10.2. The number of piperazine rings is 1. The lowest BCUT2D eigenvalue weighted by Gasteiger charge is -2.34. The van der Waals surface area contributed by atoms with E-state index < -0.39 is 0 Å². The molecule has 0 saturated carbocycles. The average molecular weight is 321 g/mol. The lowest BCUT2D eigenvalue weighted by atomic mass is 10.2. The van der Waals surface area contributed by atoms with Crippen LogP contribution in [0.15, 0.2) is 22.9 Å². The van der Waals surface area contributed by atoms with E-state index in [0.29, 0.717) is 6.42 Å². The standard InChI is InChI=1S/C15H19N3OS2/c1-12-11-21-14(16-12)10-17-4-6-18(7-5-17)15(19)9-13-3-2-8-20-13/h2-3,8,11H,4-7,9-10H2,1H3. The summed E-state index contributed by atoms with van der Waals surface area (Å²) in [5.74, 6) is 0.252. The molecule has 112 valence electrons. The summed E-state index contributed by atoms with van der Waals surface area (Å²) in [6, 6.07) is 4.03. The summed E-state index contributed by atoms with van der Waals surface area (Å²) < 4.78 is 0. The zero-order valence-corrected chi connectivity index (χ0v) is 13.8. The number of aryl methyl sites for hydroxylation is 1.